The topological polar surface area (TPSA) is 50.4 Å². The van der Waals surface area contributed by atoms with Crippen LogP contribution in [0.15, 0.2) is 24.3 Å². The number of rotatable bonds is 5. The maximum Gasteiger partial charge on any atom is 0.230 e. The third-order valence-corrected chi connectivity index (χ3v) is 3.51. The van der Waals surface area contributed by atoms with Gasteiger partial charge in [-0.05, 0) is 37.6 Å². The van der Waals surface area contributed by atoms with Crippen LogP contribution < -0.4 is 10.6 Å². The maximum atomic E-state index is 12.1. The summed E-state index contributed by atoms with van der Waals surface area (Å²) in [6, 6.07) is 7.97. The third-order valence-electron chi connectivity index (χ3n) is 3.51. The van der Waals surface area contributed by atoms with E-state index in [1.807, 2.05) is 31.2 Å². The van der Waals surface area contributed by atoms with Crippen LogP contribution in [0.1, 0.15) is 25.8 Å². The van der Waals surface area contributed by atoms with Gasteiger partial charge in [0.15, 0.2) is 0 Å². The zero-order valence-electron chi connectivity index (χ0n) is 11.6. The fraction of sp³-hybridized carbons (Fsp3) is 0.533. The summed E-state index contributed by atoms with van der Waals surface area (Å²) in [5, 5.41) is 6.23. The second kappa shape index (κ2) is 6.68. The van der Waals surface area contributed by atoms with Crippen LogP contribution in [0.25, 0.3) is 0 Å². The van der Waals surface area contributed by atoms with Crippen LogP contribution >= 0.6 is 0 Å². The van der Waals surface area contributed by atoms with Gasteiger partial charge in [-0.25, -0.2) is 0 Å². The molecule has 19 heavy (non-hydrogen) atoms. The summed E-state index contributed by atoms with van der Waals surface area (Å²) in [7, 11) is 0. The lowest BCUT2D eigenvalue weighted by atomic mass is 10.0. The molecule has 1 aliphatic rings. The molecule has 4 nitrogen and oxygen atoms in total. The minimum absolute atomic E-state index is 0.0213. The number of anilines is 1. The third kappa shape index (κ3) is 3.78. The fourth-order valence-electron chi connectivity index (χ4n) is 2.29. The van der Waals surface area contributed by atoms with Crippen LogP contribution in [-0.2, 0) is 16.1 Å². The van der Waals surface area contributed by atoms with Gasteiger partial charge in [-0.1, -0.05) is 19.1 Å². The van der Waals surface area contributed by atoms with Gasteiger partial charge in [0.1, 0.15) is 0 Å². The molecule has 2 N–H and O–H groups in total. The Morgan fingerprint density at radius 3 is 2.68 bits per heavy atom. The average Bonchev–Trinajstić information content (AvgIpc) is 2.84. The molecule has 0 aliphatic carbocycles. The van der Waals surface area contributed by atoms with Crippen molar-refractivity contribution in [2.45, 2.75) is 32.9 Å². The predicted octanol–water partition coefficient (Wildman–Crippen LogP) is 2.16. The van der Waals surface area contributed by atoms with E-state index in [0.717, 1.165) is 25.2 Å². The molecule has 1 amide bonds. The van der Waals surface area contributed by atoms with Gasteiger partial charge in [-0.2, -0.15) is 0 Å². The number of hydrogen-bond acceptors (Lipinski definition) is 3. The van der Waals surface area contributed by atoms with E-state index in [1.165, 1.54) is 5.56 Å². The quantitative estimate of drug-likeness (QED) is 0.855. The van der Waals surface area contributed by atoms with E-state index in [0.29, 0.717) is 6.61 Å². The van der Waals surface area contributed by atoms with E-state index in [-0.39, 0.29) is 17.9 Å². The largest absolute Gasteiger partial charge is 0.378 e. The van der Waals surface area contributed by atoms with Crippen LogP contribution in [0.2, 0.25) is 0 Å². The molecule has 2 atom stereocenters. The summed E-state index contributed by atoms with van der Waals surface area (Å²) in [5.41, 5.74) is 2.07. The van der Waals surface area contributed by atoms with Crippen LogP contribution in [0.3, 0.4) is 0 Å². The van der Waals surface area contributed by atoms with E-state index in [2.05, 4.69) is 17.6 Å². The Labute approximate surface area is 114 Å². The van der Waals surface area contributed by atoms with Gasteiger partial charge < -0.3 is 15.4 Å². The number of benzene rings is 1. The summed E-state index contributed by atoms with van der Waals surface area (Å²) in [5.74, 6) is 0.0332. The van der Waals surface area contributed by atoms with Crippen molar-refractivity contribution in [2.24, 2.45) is 5.92 Å². The van der Waals surface area contributed by atoms with Gasteiger partial charge in [0.05, 0.1) is 12.0 Å². The Balaban J connectivity index is 1.90. The van der Waals surface area contributed by atoms with Gasteiger partial charge in [0.2, 0.25) is 5.91 Å². The number of ether oxygens (including phenoxy) is 1. The number of nitrogens with one attached hydrogen (secondary N) is 2. The van der Waals surface area contributed by atoms with Gasteiger partial charge in [-0.15, -0.1) is 0 Å². The standard InChI is InChI=1S/C15H22N2O2/c1-3-16-10-12-4-6-13(7-5-12)17-15(18)14-8-9-19-11(14)2/h4-7,11,14,16H,3,8-10H2,1-2H3,(H,17,18). The SMILES string of the molecule is CCNCc1ccc(NC(=O)C2CCOC2C)cc1. The maximum absolute atomic E-state index is 12.1. The Bertz CT molecular complexity index is 417. The van der Waals surface area contributed by atoms with Crippen LogP contribution in [0, 0.1) is 5.92 Å². The first-order valence-electron chi connectivity index (χ1n) is 6.93. The zero-order valence-corrected chi connectivity index (χ0v) is 11.6. The Morgan fingerprint density at radius 2 is 2.11 bits per heavy atom. The molecule has 0 spiro atoms. The summed E-state index contributed by atoms with van der Waals surface area (Å²) >= 11 is 0. The van der Waals surface area contributed by atoms with E-state index < -0.39 is 0 Å². The molecule has 1 heterocycles. The first-order chi connectivity index (χ1) is 9.20. The predicted molar refractivity (Wildman–Crippen MR) is 76.0 cm³/mol. The van der Waals surface area contributed by atoms with Crippen molar-refractivity contribution in [2.75, 3.05) is 18.5 Å². The molecule has 1 saturated heterocycles. The molecule has 1 aliphatic heterocycles. The van der Waals surface area contributed by atoms with E-state index in [9.17, 15) is 4.79 Å². The first kappa shape index (κ1) is 14.0. The highest BCUT2D eigenvalue weighted by atomic mass is 16.5. The summed E-state index contributed by atoms with van der Waals surface area (Å²) in [4.78, 5) is 12.1. The molecular weight excluding hydrogens is 240 g/mol. The van der Waals surface area contributed by atoms with Crippen molar-refractivity contribution in [1.82, 2.24) is 5.32 Å². The van der Waals surface area contributed by atoms with E-state index in [4.69, 9.17) is 4.74 Å². The monoisotopic (exact) mass is 262 g/mol. The molecule has 0 radical (unpaired) electrons. The van der Waals surface area contributed by atoms with Gasteiger partial charge >= 0.3 is 0 Å². The molecule has 4 heteroatoms. The highest BCUT2D eigenvalue weighted by Gasteiger charge is 2.30. The van der Waals surface area contributed by atoms with Crippen LogP contribution in [0.5, 0.6) is 0 Å². The van der Waals surface area contributed by atoms with Crippen molar-refractivity contribution < 1.29 is 9.53 Å². The number of hydrogen-bond donors (Lipinski definition) is 2. The summed E-state index contributed by atoms with van der Waals surface area (Å²) < 4.78 is 5.42. The molecule has 0 saturated carbocycles. The zero-order chi connectivity index (χ0) is 13.7. The Morgan fingerprint density at radius 1 is 1.37 bits per heavy atom. The van der Waals surface area contributed by atoms with Crippen molar-refractivity contribution in [3.63, 3.8) is 0 Å². The van der Waals surface area contributed by atoms with Crippen molar-refractivity contribution in [3.8, 4) is 0 Å². The molecular formula is C15H22N2O2. The summed E-state index contributed by atoms with van der Waals surface area (Å²) in [6.45, 7) is 6.54. The fourth-order valence-corrected chi connectivity index (χ4v) is 2.29. The second-order valence-electron chi connectivity index (χ2n) is 4.94. The molecule has 2 unspecified atom stereocenters. The van der Waals surface area contributed by atoms with Crippen LogP contribution in [0.4, 0.5) is 5.69 Å². The minimum Gasteiger partial charge on any atom is -0.378 e. The Hall–Kier alpha value is -1.39. The van der Waals surface area contributed by atoms with Crippen molar-refractivity contribution in [3.05, 3.63) is 29.8 Å². The number of carbonyl (C=O) groups is 1. The second-order valence-corrected chi connectivity index (χ2v) is 4.94. The van der Waals surface area contributed by atoms with Gasteiger partial charge in [0, 0.05) is 18.8 Å². The lowest BCUT2D eigenvalue weighted by molar-refractivity contribution is -0.121. The molecule has 2 rings (SSSR count). The molecule has 104 valence electrons. The van der Waals surface area contributed by atoms with Gasteiger partial charge in [-0.3, -0.25) is 4.79 Å². The van der Waals surface area contributed by atoms with Crippen LogP contribution in [-0.4, -0.2) is 25.2 Å². The first-order valence-corrected chi connectivity index (χ1v) is 6.93. The average molecular weight is 262 g/mol. The number of carbonyl (C=O) groups excluding carboxylic acids is 1. The van der Waals surface area contributed by atoms with Gasteiger partial charge in [0.25, 0.3) is 0 Å². The molecule has 1 aromatic rings. The molecule has 0 bridgehead atoms. The highest BCUT2D eigenvalue weighted by molar-refractivity contribution is 5.93. The highest BCUT2D eigenvalue weighted by Crippen LogP contribution is 2.22. The normalized spacial score (nSPS) is 22.4. The molecule has 0 aromatic heterocycles. The smallest absolute Gasteiger partial charge is 0.230 e. The molecule has 1 fully saturated rings. The lowest BCUT2D eigenvalue weighted by Crippen LogP contribution is -2.27. The molecule has 1 aromatic carbocycles. The lowest BCUT2D eigenvalue weighted by Gasteiger charge is -2.14. The van der Waals surface area contributed by atoms with E-state index >= 15 is 0 Å². The minimum atomic E-state index is -0.0264. The summed E-state index contributed by atoms with van der Waals surface area (Å²) in [6.07, 6.45) is 0.832. The Kier molecular flexibility index (Phi) is 4.93. The van der Waals surface area contributed by atoms with Crippen molar-refractivity contribution in [1.29, 1.82) is 0 Å². The van der Waals surface area contributed by atoms with Crippen molar-refractivity contribution >= 4 is 11.6 Å². The number of amides is 1. The van der Waals surface area contributed by atoms with E-state index in [1.54, 1.807) is 0 Å².